The van der Waals surface area contributed by atoms with Gasteiger partial charge in [-0.1, -0.05) is 85.6 Å². The second-order valence-corrected chi connectivity index (χ2v) is 14.9. The van der Waals surface area contributed by atoms with Crippen LogP contribution in [0, 0.1) is 75.4 Å². The fourth-order valence-electron chi connectivity index (χ4n) is 4.74. The van der Waals surface area contributed by atoms with E-state index in [1.807, 2.05) is 13.2 Å². The topological polar surface area (TPSA) is 114 Å². The van der Waals surface area contributed by atoms with E-state index in [0.29, 0.717) is 0 Å². The first-order valence-corrected chi connectivity index (χ1v) is 37.2. The fraction of sp³-hybridized carbons (Fsp3) is 0.220. The molecule has 2 saturated heterocycles. The van der Waals surface area contributed by atoms with Gasteiger partial charge in [0.25, 0.3) is 0 Å². The molecule has 0 aliphatic carbocycles. The molecule has 286 valence electrons. The van der Waals surface area contributed by atoms with Crippen LogP contribution in [0.15, 0.2) is 121 Å². The molecule has 14 heteroatoms. The van der Waals surface area contributed by atoms with Crippen molar-refractivity contribution in [2.45, 2.75) is 32.1 Å². The average molecular weight is 1190 g/mol. The van der Waals surface area contributed by atoms with E-state index >= 15 is 0 Å². The van der Waals surface area contributed by atoms with Crippen LogP contribution in [-0.4, -0.2) is 25.5 Å². The van der Waals surface area contributed by atoms with E-state index in [1.54, 1.807) is 0 Å². The molecule has 2 aliphatic heterocycles. The standard InChI is InChI=1S/C27H26P2.2C4H7O.4CN.2CH3.2Fe.2HI.2Zn/c1-5-14-24(15-6-1)28(25-16-7-2-8-17-25)22-13-23-29(26-18-9-3-10-19-26)27-20-11-4-12-21-27;2*1-2-4-5-3-1;4*1-2;;;;;;;;/h1-12,14-21H,13,22-23H2;2*3H,1-2,4H2;;;;;2*1H3;;;2*1H;;/q;8*-1;2*+3;;;2*+2. The molecule has 4 aromatic carbocycles. The molecule has 0 bridgehead atoms. The van der Waals surface area contributed by atoms with Crippen molar-refractivity contribution in [1.29, 1.82) is 21.0 Å². The van der Waals surface area contributed by atoms with Crippen LogP contribution >= 0.6 is 55.3 Å². The predicted molar refractivity (Wildman–Crippen MR) is 235 cm³/mol. The summed E-state index contributed by atoms with van der Waals surface area (Å²) in [6, 6.07) is 44.6. The van der Waals surface area contributed by atoms with Crippen molar-refractivity contribution in [3.63, 3.8) is 0 Å². The van der Waals surface area contributed by atoms with Crippen molar-refractivity contribution in [3.05, 3.63) is 176 Å². The van der Waals surface area contributed by atoms with E-state index in [2.05, 4.69) is 161 Å². The Morgan fingerprint density at radius 3 is 0.836 bits per heavy atom. The van der Waals surface area contributed by atoms with Gasteiger partial charge in [0.05, 0.1) is 49.4 Å². The van der Waals surface area contributed by atoms with Gasteiger partial charge in [0.15, 0.2) is 0 Å². The normalized spacial score (nSPS) is 10.6. The van der Waals surface area contributed by atoms with Gasteiger partial charge in [-0.15, -0.1) is 0 Å². The quantitative estimate of drug-likeness (QED) is 0.0752. The van der Waals surface area contributed by atoms with E-state index in [-0.39, 0.29) is 49.0 Å². The van der Waals surface area contributed by atoms with Gasteiger partial charge >= 0.3 is 103 Å². The molecule has 6 rings (SSSR count). The largest absolute Gasteiger partial charge is 0.0966 e. The van der Waals surface area contributed by atoms with Crippen LogP contribution < -0.4 is 21.2 Å². The van der Waals surface area contributed by atoms with Crippen molar-refractivity contribution < 1.29 is 73.2 Å². The van der Waals surface area contributed by atoms with E-state index in [1.165, 1.54) is 82.4 Å². The second-order valence-electron chi connectivity index (χ2n) is 9.63. The Morgan fingerprint density at radius 1 is 0.473 bits per heavy atom. The zero-order valence-corrected chi connectivity index (χ0v) is 46.0. The maximum absolute atomic E-state index is 6.25. The van der Waals surface area contributed by atoms with Crippen LogP contribution in [0.5, 0.6) is 0 Å². The molecule has 0 saturated carbocycles. The number of ether oxygens (including phenoxy) is 2. The molecule has 2 heterocycles. The van der Waals surface area contributed by atoms with Crippen LogP contribution in [0.1, 0.15) is 32.1 Å². The average Bonchev–Trinajstić information content (AvgIpc) is 4.05. The van der Waals surface area contributed by atoms with Gasteiger partial charge in [-0.25, -0.2) is 13.2 Å². The molecule has 4 aromatic rings. The van der Waals surface area contributed by atoms with Crippen molar-refractivity contribution in [2.75, 3.05) is 25.5 Å². The summed E-state index contributed by atoms with van der Waals surface area (Å²) in [6.07, 6.45) is 8.59. The van der Waals surface area contributed by atoms with Gasteiger partial charge in [0, 0.05) is 19.6 Å². The SMILES string of the molecule is [C-]#N.[C-]#N.[C-]#N.[C-]#N.[CH-]1CCCO1.[CH-]1CCCO1.[CH3-].[CH3-].[Fe+3].[Fe+3].[Zn+][I].[Zn+][I].c1ccc([PH+](CCC[PH+](c2ccccc2)c2ccccc2)c2ccccc2)cc1. The minimum absolute atomic E-state index is 0. The summed E-state index contributed by atoms with van der Waals surface area (Å²) in [5, 5.41) is 31.1. The Bertz CT molecular complexity index is 1150. The molecule has 0 amide bonds. The summed E-state index contributed by atoms with van der Waals surface area (Å²) in [6.45, 7) is 24.6. The van der Waals surface area contributed by atoms with Gasteiger partial charge in [-0.05, 0) is 48.5 Å². The van der Waals surface area contributed by atoms with Crippen molar-refractivity contribution in [3.8, 4) is 0 Å². The third kappa shape index (κ3) is 35.1. The fourth-order valence-corrected chi connectivity index (χ4v) is 10.4. The van der Waals surface area contributed by atoms with E-state index in [0.717, 1.165) is 26.1 Å². The summed E-state index contributed by atoms with van der Waals surface area (Å²) >= 11 is 7.24. The minimum Gasteiger partial charge on any atom is -0.0620 e. The van der Waals surface area contributed by atoms with Gasteiger partial charge < -0.3 is 71.7 Å². The monoisotopic (exact) mass is 1180 g/mol. The van der Waals surface area contributed by atoms with Crippen molar-refractivity contribution >= 4 is 76.6 Å². The zero-order chi connectivity index (χ0) is 38.8. The Balaban J connectivity index is -0.000000148. The number of hydrogen-bond donors (Lipinski definition) is 0. The molecule has 2 aliphatic rings. The molecular weight excluding hydrogens is 1140 g/mol. The van der Waals surface area contributed by atoms with E-state index in [4.69, 9.17) is 56.8 Å². The maximum atomic E-state index is 6.25. The van der Waals surface area contributed by atoms with Crippen molar-refractivity contribution in [2.24, 2.45) is 0 Å². The van der Waals surface area contributed by atoms with E-state index < -0.39 is 15.8 Å². The van der Waals surface area contributed by atoms with Gasteiger partial charge in [-0.2, -0.15) is 12.8 Å². The third-order valence-corrected chi connectivity index (χ3v) is 12.6. The predicted octanol–water partition coefficient (Wildman–Crippen LogP) is 10.1. The summed E-state index contributed by atoms with van der Waals surface area (Å²) in [5.41, 5.74) is 0. The van der Waals surface area contributed by atoms with Crippen LogP contribution in [0.4, 0.5) is 0 Å². The Kier molecular flexibility index (Phi) is 72.4. The molecule has 6 nitrogen and oxygen atoms in total. The molecule has 2 radical (unpaired) electrons. The van der Waals surface area contributed by atoms with Crippen LogP contribution in [0.3, 0.4) is 0 Å². The number of hydrogen-bond acceptors (Lipinski definition) is 6. The smallest absolute Gasteiger partial charge is 0.0620 e. The number of benzene rings is 4. The zero-order valence-electron chi connectivity index (χ0n) is 31.5. The Labute approximate surface area is 399 Å². The summed E-state index contributed by atoms with van der Waals surface area (Å²) in [5.74, 6) is 0. The minimum atomic E-state index is -0.742. The van der Waals surface area contributed by atoms with Gasteiger partial charge in [0.2, 0.25) is 0 Å². The first-order chi connectivity index (χ1) is 25.4. The Morgan fingerprint density at radius 2 is 0.691 bits per heavy atom. The van der Waals surface area contributed by atoms with E-state index in [9.17, 15) is 0 Å². The number of halogens is 2. The summed E-state index contributed by atoms with van der Waals surface area (Å²) in [4.78, 5) is 0. The second kappa shape index (κ2) is 57.7. The molecule has 2 fully saturated rings. The molecule has 0 atom stereocenters. The van der Waals surface area contributed by atoms with Gasteiger partial charge in [-0.3, -0.25) is 0 Å². The maximum Gasteiger partial charge on any atom is 0.0966 e. The molecule has 0 unspecified atom stereocenters. The summed E-state index contributed by atoms with van der Waals surface area (Å²) < 4.78 is 9.64. The molecule has 55 heavy (non-hydrogen) atoms. The molecule has 0 spiro atoms. The van der Waals surface area contributed by atoms with Gasteiger partial charge in [0.1, 0.15) is 0 Å². The molecular formula is C41H48Fe2I2N4O2P2Zn2+2. The van der Waals surface area contributed by atoms with Crippen LogP contribution in [-0.2, 0) is 73.2 Å². The Hall–Kier alpha value is -0.634. The first kappa shape index (κ1) is 69.0. The summed E-state index contributed by atoms with van der Waals surface area (Å²) in [7, 11) is -1.48. The molecule has 0 aromatic heterocycles. The molecule has 0 N–H and O–H groups in total. The first-order valence-electron chi connectivity index (χ1n) is 15.6. The van der Waals surface area contributed by atoms with Crippen molar-refractivity contribution in [1.82, 2.24) is 0 Å². The third-order valence-electron chi connectivity index (χ3n) is 6.75. The van der Waals surface area contributed by atoms with Crippen LogP contribution in [0.25, 0.3) is 0 Å². The number of rotatable bonds is 8. The van der Waals surface area contributed by atoms with Crippen LogP contribution in [0.2, 0.25) is 0 Å². The number of nitrogens with zero attached hydrogens (tertiary/aromatic N) is 4.